The number of fused-ring (bicyclic) bond motifs is 1. The zero-order valence-corrected chi connectivity index (χ0v) is 12.2. The molecule has 0 radical (unpaired) electrons. The molecule has 0 fully saturated rings. The highest BCUT2D eigenvalue weighted by atomic mass is 15.1. The van der Waals surface area contributed by atoms with Crippen LogP contribution in [-0.2, 0) is 0 Å². The number of hydrogen-bond acceptors (Lipinski definition) is 4. The zero-order valence-electron chi connectivity index (χ0n) is 12.2. The maximum atomic E-state index is 4.58. The molecule has 0 saturated heterocycles. The SMILES string of the molecule is CCNc1nc(Nc2cccc(C)c2)c2ccccc2n1. The number of anilines is 3. The highest BCUT2D eigenvalue weighted by Crippen LogP contribution is 2.25. The molecule has 1 heterocycles. The van der Waals surface area contributed by atoms with Crippen LogP contribution in [0.25, 0.3) is 10.9 Å². The molecule has 3 aromatic rings. The summed E-state index contributed by atoms with van der Waals surface area (Å²) in [7, 11) is 0. The van der Waals surface area contributed by atoms with Gasteiger partial charge in [-0.1, -0.05) is 24.3 Å². The molecule has 4 heteroatoms. The van der Waals surface area contributed by atoms with Crippen molar-refractivity contribution < 1.29 is 0 Å². The van der Waals surface area contributed by atoms with Gasteiger partial charge in [0.05, 0.1) is 5.52 Å². The van der Waals surface area contributed by atoms with Crippen LogP contribution in [0.1, 0.15) is 12.5 Å². The van der Waals surface area contributed by atoms with Gasteiger partial charge in [-0.3, -0.25) is 0 Å². The lowest BCUT2D eigenvalue weighted by Crippen LogP contribution is -2.05. The Kier molecular flexibility index (Phi) is 3.69. The van der Waals surface area contributed by atoms with Crippen LogP contribution in [0.4, 0.5) is 17.5 Å². The second-order valence-electron chi connectivity index (χ2n) is 4.94. The third-order valence-corrected chi connectivity index (χ3v) is 3.22. The quantitative estimate of drug-likeness (QED) is 0.754. The first-order chi connectivity index (χ1) is 10.3. The Morgan fingerprint density at radius 3 is 2.67 bits per heavy atom. The summed E-state index contributed by atoms with van der Waals surface area (Å²) in [5.74, 6) is 1.47. The van der Waals surface area contributed by atoms with Crippen LogP contribution < -0.4 is 10.6 Å². The molecule has 0 aliphatic rings. The summed E-state index contributed by atoms with van der Waals surface area (Å²) in [5.41, 5.74) is 3.17. The molecule has 0 unspecified atom stereocenters. The Hall–Kier alpha value is -2.62. The normalized spacial score (nSPS) is 10.6. The molecule has 0 aliphatic heterocycles. The van der Waals surface area contributed by atoms with Crippen molar-refractivity contribution in [3.8, 4) is 0 Å². The van der Waals surface area contributed by atoms with E-state index < -0.39 is 0 Å². The fourth-order valence-electron chi connectivity index (χ4n) is 2.27. The van der Waals surface area contributed by atoms with Crippen molar-refractivity contribution in [2.75, 3.05) is 17.2 Å². The molecule has 1 aromatic heterocycles. The van der Waals surface area contributed by atoms with Gasteiger partial charge in [0.15, 0.2) is 0 Å². The minimum atomic E-state index is 0.645. The van der Waals surface area contributed by atoms with E-state index in [1.54, 1.807) is 0 Å². The van der Waals surface area contributed by atoms with Gasteiger partial charge in [0.25, 0.3) is 0 Å². The molecule has 4 nitrogen and oxygen atoms in total. The number of benzene rings is 2. The van der Waals surface area contributed by atoms with Crippen LogP contribution in [0, 0.1) is 6.92 Å². The summed E-state index contributed by atoms with van der Waals surface area (Å²) in [4.78, 5) is 9.10. The second kappa shape index (κ2) is 5.79. The highest BCUT2D eigenvalue weighted by Gasteiger charge is 2.07. The van der Waals surface area contributed by atoms with Crippen molar-refractivity contribution >= 4 is 28.4 Å². The van der Waals surface area contributed by atoms with E-state index in [1.165, 1.54) is 5.56 Å². The molecule has 2 aromatic carbocycles. The van der Waals surface area contributed by atoms with Gasteiger partial charge in [-0.25, -0.2) is 4.98 Å². The van der Waals surface area contributed by atoms with Crippen molar-refractivity contribution in [1.29, 1.82) is 0 Å². The molecule has 3 rings (SSSR count). The lowest BCUT2D eigenvalue weighted by molar-refractivity contribution is 1.11. The van der Waals surface area contributed by atoms with Crippen molar-refractivity contribution in [3.63, 3.8) is 0 Å². The van der Waals surface area contributed by atoms with Gasteiger partial charge >= 0.3 is 0 Å². The first-order valence-electron chi connectivity index (χ1n) is 7.10. The van der Waals surface area contributed by atoms with Crippen LogP contribution in [0.3, 0.4) is 0 Å². The molecular weight excluding hydrogens is 260 g/mol. The minimum absolute atomic E-state index is 0.645. The van der Waals surface area contributed by atoms with Gasteiger partial charge in [0, 0.05) is 17.6 Å². The molecular formula is C17H18N4. The summed E-state index contributed by atoms with van der Waals surface area (Å²) < 4.78 is 0. The predicted molar refractivity (Wildman–Crippen MR) is 88.2 cm³/mol. The van der Waals surface area contributed by atoms with E-state index in [-0.39, 0.29) is 0 Å². The van der Waals surface area contributed by atoms with Crippen molar-refractivity contribution in [3.05, 3.63) is 54.1 Å². The first kappa shape index (κ1) is 13.4. The summed E-state index contributed by atoms with van der Waals surface area (Å²) in [6.45, 7) is 4.90. The van der Waals surface area contributed by atoms with Crippen molar-refractivity contribution in [2.45, 2.75) is 13.8 Å². The van der Waals surface area contributed by atoms with Crippen LogP contribution >= 0.6 is 0 Å². The van der Waals surface area contributed by atoms with Crippen LogP contribution in [0.15, 0.2) is 48.5 Å². The van der Waals surface area contributed by atoms with Gasteiger partial charge < -0.3 is 10.6 Å². The van der Waals surface area contributed by atoms with E-state index in [1.807, 2.05) is 43.3 Å². The largest absolute Gasteiger partial charge is 0.354 e. The summed E-state index contributed by atoms with van der Waals surface area (Å²) in [6.07, 6.45) is 0. The number of para-hydroxylation sites is 1. The van der Waals surface area contributed by atoms with Gasteiger partial charge in [0.2, 0.25) is 5.95 Å². The van der Waals surface area contributed by atoms with Crippen LogP contribution in [0.5, 0.6) is 0 Å². The highest BCUT2D eigenvalue weighted by molar-refractivity contribution is 5.91. The Morgan fingerprint density at radius 2 is 1.86 bits per heavy atom. The number of hydrogen-bond donors (Lipinski definition) is 2. The minimum Gasteiger partial charge on any atom is -0.354 e. The molecule has 2 N–H and O–H groups in total. The molecule has 21 heavy (non-hydrogen) atoms. The average molecular weight is 278 g/mol. The molecule has 106 valence electrons. The summed E-state index contributed by atoms with van der Waals surface area (Å²) in [6, 6.07) is 16.3. The summed E-state index contributed by atoms with van der Waals surface area (Å²) >= 11 is 0. The second-order valence-corrected chi connectivity index (χ2v) is 4.94. The summed E-state index contributed by atoms with van der Waals surface area (Å²) in [5, 5.41) is 7.58. The molecule has 0 amide bonds. The number of nitrogens with one attached hydrogen (secondary N) is 2. The Labute approximate surface area is 124 Å². The Balaban J connectivity index is 2.07. The topological polar surface area (TPSA) is 49.8 Å². The van der Waals surface area contributed by atoms with Crippen molar-refractivity contribution in [2.24, 2.45) is 0 Å². The number of aryl methyl sites for hydroxylation is 1. The fourth-order valence-corrected chi connectivity index (χ4v) is 2.27. The van der Waals surface area contributed by atoms with Crippen molar-refractivity contribution in [1.82, 2.24) is 9.97 Å². The maximum Gasteiger partial charge on any atom is 0.225 e. The zero-order chi connectivity index (χ0) is 14.7. The number of aromatic nitrogens is 2. The number of rotatable bonds is 4. The van der Waals surface area contributed by atoms with E-state index in [0.29, 0.717) is 5.95 Å². The van der Waals surface area contributed by atoms with E-state index in [4.69, 9.17) is 0 Å². The van der Waals surface area contributed by atoms with Crippen LogP contribution in [0.2, 0.25) is 0 Å². The smallest absolute Gasteiger partial charge is 0.225 e. The lowest BCUT2D eigenvalue weighted by atomic mass is 10.2. The van der Waals surface area contributed by atoms with E-state index in [0.717, 1.165) is 29.0 Å². The molecule has 0 spiro atoms. The third kappa shape index (κ3) is 2.94. The molecule has 0 saturated carbocycles. The first-order valence-corrected chi connectivity index (χ1v) is 7.10. The Bertz CT molecular complexity index is 768. The number of nitrogens with zero attached hydrogens (tertiary/aromatic N) is 2. The third-order valence-electron chi connectivity index (χ3n) is 3.22. The van der Waals surface area contributed by atoms with Crippen LogP contribution in [-0.4, -0.2) is 16.5 Å². The van der Waals surface area contributed by atoms with Gasteiger partial charge in [0.1, 0.15) is 5.82 Å². The maximum absolute atomic E-state index is 4.58. The van der Waals surface area contributed by atoms with Gasteiger partial charge in [-0.05, 0) is 43.7 Å². The molecule has 0 aliphatic carbocycles. The molecule has 0 atom stereocenters. The van der Waals surface area contributed by atoms with Gasteiger partial charge in [-0.2, -0.15) is 4.98 Å². The van der Waals surface area contributed by atoms with E-state index in [2.05, 4.69) is 39.7 Å². The Morgan fingerprint density at radius 1 is 1.00 bits per heavy atom. The predicted octanol–water partition coefficient (Wildman–Crippen LogP) is 4.11. The average Bonchev–Trinajstić information content (AvgIpc) is 2.48. The van der Waals surface area contributed by atoms with E-state index in [9.17, 15) is 0 Å². The van der Waals surface area contributed by atoms with E-state index >= 15 is 0 Å². The molecule has 0 bridgehead atoms. The fraction of sp³-hybridized carbons (Fsp3) is 0.176. The monoisotopic (exact) mass is 278 g/mol. The lowest BCUT2D eigenvalue weighted by Gasteiger charge is -2.11. The standard InChI is InChI=1S/C17H18N4/c1-3-18-17-20-15-10-5-4-9-14(15)16(21-17)19-13-8-6-7-12(2)11-13/h4-11H,3H2,1-2H3,(H2,18,19,20,21). The van der Waals surface area contributed by atoms with Gasteiger partial charge in [-0.15, -0.1) is 0 Å².